The van der Waals surface area contributed by atoms with Crippen molar-refractivity contribution in [3.8, 4) is 23.0 Å². The van der Waals surface area contributed by atoms with Crippen LogP contribution in [0.3, 0.4) is 0 Å². The average Bonchev–Trinajstić information content (AvgIpc) is 2.74. The van der Waals surface area contributed by atoms with Crippen LogP contribution >= 0.6 is 0 Å². The maximum atomic E-state index is 13.2. The molecule has 34 heavy (non-hydrogen) atoms. The van der Waals surface area contributed by atoms with Gasteiger partial charge in [-0.2, -0.15) is 22.0 Å². The molecule has 0 fully saturated rings. The Bertz CT molecular complexity index is 1090. The van der Waals surface area contributed by atoms with E-state index in [9.17, 15) is 39.2 Å². The molecule has 0 radical (unpaired) electrons. The van der Waals surface area contributed by atoms with E-state index in [1.54, 1.807) is 0 Å². The van der Waals surface area contributed by atoms with Gasteiger partial charge < -0.3 is 18.9 Å². The number of sulfonamides is 1. The Morgan fingerprint density at radius 3 is 1.94 bits per heavy atom. The molecule has 0 saturated heterocycles. The lowest BCUT2D eigenvalue weighted by Crippen LogP contribution is -2.33. The van der Waals surface area contributed by atoms with Crippen LogP contribution in [0.25, 0.3) is 0 Å². The molecule has 2 rings (SSSR count). The molecule has 7 nitrogen and oxygen atoms in total. The second-order valence-electron chi connectivity index (χ2n) is 6.57. The number of rotatable bonds is 11. The van der Waals surface area contributed by atoms with Crippen molar-refractivity contribution in [1.29, 1.82) is 0 Å². The van der Waals surface area contributed by atoms with Crippen LogP contribution in [-0.4, -0.2) is 54.4 Å². The van der Waals surface area contributed by atoms with Crippen molar-refractivity contribution in [3.05, 3.63) is 36.4 Å². The Labute approximate surface area is 189 Å². The van der Waals surface area contributed by atoms with Crippen molar-refractivity contribution in [1.82, 2.24) is 0 Å². The minimum absolute atomic E-state index is 0.149. The summed E-state index contributed by atoms with van der Waals surface area (Å²) >= 11 is 0. The van der Waals surface area contributed by atoms with Crippen molar-refractivity contribution in [2.24, 2.45) is 0 Å². The maximum Gasteiger partial charge on any atom is 0.422 e. The van der Waals surface area contributed by atoms with Gasteiger partial charge in [-0.3, -0.25) is 4.72 Å². The molecule has 0 saturated carbocycles. The molecule has 0 aliphatic carbocycles. The average molecular weight is 521 g/mol. The van der Waals surface area contributed by atoms with Gasteiger partial charge >= 0.3 is 18.5 Å². The largest absolute Gasteiger partial charge is 0.497 e. The Morgan fingerprint density at radius 2 is 1.44 bits per heavy atom. The van der Waals surface area contributed by atoms with Crippen molar-refractivity contribution in [2.75, 3.05) is 32.2 Å². The summed E-state index contributed by atoms with van der Waals surface area (Å²) in [7, 11) is -1.95. The molecule has 0 aromatic heterocycles. The van der Waals surface area contributed by atoms with Crippen LogP contribution in [0.15, 0.2) is 41.3 Å². The molecule has 15 heteroatoms. The van der Waals surface area contributed by atoms with Gasteiger partial charge in [0.1, 0.15) is 27.9 Å². The maximum absolute atomic E-state index is 13.2. The van der Waals surface area contributed by atoms with E-state index in [0.29, 0.717) is 6.07 Å². The first-order chi connectivity index (χ1) is 15.7. The SMILES string of the molecule is COc1ccc(S(=O)(=O)Nc2cc(OCC(F)(F)F)cc(OCC(F)(F)C(F)F)c2)c(OC)c1. The number of halogens is 7. The van der Waals surface area contributed by atoms with Crippen LogP contribution in [-0.2, 0) is 10.0 Å². The smallest absolute Gasteiger partial charge is 0.422 e. The van der Waals surface area contributed by atoms with Crippen molar-refractivity contribution in [2.45, 2.75) is 23.4 Å². The summed E-state index contributed by atoms with van der Waals surface area (Å²) in [6.07, 6.45) is -8.85. The number of methoxy groups -OCH3 is 2. The van der Waals surface area contributed by atoms with Crippen LogP contribution in [0, 0.1) is 0 Å². The topological polar surface area (TPSA) is 83.1 Å². The minimum atomic E-state index is -4.78. The van der Waals surface area contributed by atoms with Crippen molar-refractivity contribution >= 4 is 15.7 Å². The molecule has 0 bridgehead atoms. The summed E-state index contributed by atoms with van der Waals surface area (Å²) < 4.78 is 135. The highest BCUT2D eigenvalue weighted by Gasteiger charge is 2.41. The van der Waals surface area contributed by atoms with Gasteiger partial charge in [-0.25, -0.2) is 17.2 Å². The van der Waals surface area contributed by atoms with E-state index in [2.05, 4.69) is 9.47 Å². The van der Waals surface area contributed by atoms with E-state index in [1.807, 2.05) is 4.72 Å². The van der Waals surface area contributed by atoms with Gasteiger partial charge in [0.2, 0.25) is 0 Å². The highest BCUT2D eigenvalue weighted by atomic mass is 32.2. The molecular weight excluding hydrogens is 503 g/mol. The van der Waals surface area contributed by atoms with Crippen LogP contribution in [0.4, 0.5) is 36.4 Å². The number of alkyl halides is 7. The quantitative estimate of drug-likeness (QED) is 0.431. The molecule has 0 unspecified atom stereocenters. The fourth-order valence-electron chi connectivity index (χ4n) is 2.41. The number of ether oxygens (including phenoxy) is 4. The highest BCUT2D eigenvalue weighted by molar-refractivity contribution is 7.92. The molecule has 0 aliphatic rings. The molecule has 2 aromatic carbocycles. The number of hydrogen-bond donors (Lipinski definition) is 1. The van der Waals surface area contributed by atoms with E-state index < -0.39 is 63.8 Å². The molecule has 0 spiro atoms. The molecule has 0 amide bonds. The molecular formula is C19H18F7NO6S. The zero-order valence-corrected chi connectivity index (χ0v) is 18.3. The van der Waals surface area contributed by atoms with Gasteiger partial charge in [-0.05, 0) is 12.1 Å². The Hall–Kier alpha value is -3.10. The number of benzene rings is 2. The number of anilines is 1. The monoisotopic (exact) mass is 521 g/mol. The lowest BCUT2D eigenvalue weighted by Gasteiger charge is -2.18. The van der Waals surface area contributed by atoms with Gasteiger partial charge in [0.15, 0.2) is 13.2 Å². The van der Waals surface area contributed by atoms with Crippen molar-refractivity contribution in [3.63, 3.8) is 0 Å². The van der Waals surface area contributed by atoms with Gasteiger partial charge in [-0.1, -0.05) is 0 Å². The molecule has 0 heterocycles. The lowest BCUT2D eigenvalue weighted by molar-refractivity contribution is -0.153. The van der Waals surface area contributed by atoms with E-state index in [1.165, 1.54) is 26.4 Å². The van der Waals surface area contributed by atoms with Crippen LogP contribution in [0.2, 0.25) is 0 Å². The summed E-state index contributed by atoms with van der Waals surface area (Å²) in [4.78, 5) is -0.399. The van der Waals surface area contributed by atoms with Gasteiger partial charge in [0, 0.05) is 24.3 Å². The first kappa shape index (κ1) is 27.1. The fourth-order valence-corrected chi connectivity index (χ4v) is 3.60. The van der Waals surface area contributed by atoms with Gasteiger partial charge in [0.05, 0.1) is 19.9 Å². The number of nitrogens with one attached hydrogen (secondary N) is 1. The van der Waals surface area contributed by atoms with Gasteiger partial charge in [-0.15, -0.1) is 0 Å². The minimum Gasteiger partial charge on any atom is -0.497 e. The summed E-state index contributed by atoms with van der Waals surface area (Å²) in [5.74, 6) is -5.74. The summed E-state index contributed by atoms with van der Waals surface area (Å²) in [6.45, 7) is -3.63. The molecule has 1 N–H and O–H groups in total. The summed E-state index contributed by atoms with van der Waals surface area (Å²) in [5, 5.41) is 0. The predicted octanol–water partition coefficient (Wildman–Crippen LogP) is 4.72. The third-order valence-electron chi connectivity index (χ3n) is 3.95. The predicted molar refractivity (Wildman–Crippen MR) is 105 cm³/mol. The molecule has 0 aliphatic heterocycles. The van der Waals surface area contributed by atoms with E-state index in [4.69, 9.17) is 9.47 Å². The number of hydrogen-bond acceptors (Lipinski definition) is 6. The fraction of sp³-hybridized carbons (Fsp3) is 0.368. The normalized spacial score (nSPS) is 12.4. The lowest BCUT2D eigenvalue weighted by atomic mass is 10.3. The Kier molecular flexibility index (Phi) is 8.34. The highest BCUT2D eigenvalue weighted by Crippen LogP contribution is 2.33. The molecule has 0 atom stereocenters. The summed E-state index contributed by atoms with van der Waals surface area (Å²) in [6, 6.07) is 5.98. The Morgan fingerprint density at radius 1 is 0.853 bits per heavy atom. The summed E-state index contributed by atoms with van der Waals surface area (Å²) in [5.41, 5.74) is -0.465. The third-order valence-corrected chi connectivity index (χ3v) is 5.37. The zero-order valence-electron chi connectivity index (χ0n) is 17.5. The second-order valence-corrected chi connectivity index (χ2v) is 8.22. The van der Waals surface area contributed by atoms with E-state index in [-0.39, 0.29) is 11.5 Å². The Balaban J connectivity index is 2.40. The second kappa shape index (κ2) is 10.4. The van der Waals surface area contributed by atoms with E-state index in [0.717, 1.165) is 18.2 Å². The first-order valence-electron chi connectivity index (χ1n) is 9.05. The molecule has 190 valence electrons. The van der Waals surface area contributed by atoms with Crippen LogP contribution < -0.4 is 23.7 Å². The van der Waals surface area contributed by atoms with Crippen molar-refractivity contribution < 1.29 is 58.1 Å². The third kappa shape index (κ3) is 7.46. The standard InChI is InChI=1S/C19H18F7NO6S/c1-30-12-3-4-16(15(8-12)31-2)34(28,29)27-11-5-13(32-9-18(22,23)17(20)21)7-14(6-11)33-10-19(24,25)26/h3-8,17,27H,9-10H2,1-2H3. The van der Waals surface area contributed by atoms with Crippen LogP contribution in [0.1, 0.15) is 0 Å². The van der Waals surface area contributed by atoms with Gasteiger partial charge in [0.25, 0.3) is 10.0 Å². The zero-order chi connectivity index (χ0) is 25.7. The van der Waals surface area contributed by atoms with E-state index >= 15 is 0 Å². The van der Waals surface area contributed by atoms with Crippen LogP contribution in [0.5, 0.6) is 23.0 Å². The first-order valence-corrected chi connectivity index (χ1v) is 10.5. The molecule has 2 aromatic rings.